The van der Waals surface area contributed by atoms with Gasteiger partial charge in [-0.05, 0) is 17.5 Å². The third kappa shape index (κ3) is 8.01. The molecule has 0 saturated heterocycles. The van der Waals surface area contributed by atoms with Gasteiger partial charge in [-0.1, -0.05) is 82.2 Å². The van der Waals surface area contributed by atoms with Gasteiger partial charge in [-0.2, -0.15) is 22.2 Å². The minimum absolute atomic E-state index is 0.525. The highest BCUT2D eigenvalue weighted by Gasteiger charge is 2.19. The maximum absolute atomic E-state index is 6.26. The number of hydrogen-bond acceptors (Lipinski definition) is 0. The smallest absolute Gasteiger partial charge is 0.150 e. The monoisotopic (exact) mass is 316 g/mol. The summed E-state index contributed by atoms with van der Waals surface area (Å²) in [7, 11) is -1.58. The van der Waals surface area contributed by atoms with Gasteiger partial charge in [-0.15, -0.1) is 0 Å². The van der Waals surface area contributed by atoms with E-state index in [1.54, 1.807) is 0 Å². The molecule has 108 valence electrons. The van der Waals surface area contributed by atoms with E-state index in [2.05, 4.69) is 37.3 Å². The lowest BCUT2D eigenvalue weighted by atomic mass is 10.0. The van der Waals surface area contributed by atoms with Crippen LogP contribution in [0.3, 0.4) is 0 Å². The van der Waals surface area contributed by atoms with Crippen molar-refractivity contribution in [1.29, 1.82) is 0 Å². The van der Waals surface area contributed by atoms with E-state index in [9.17, 15) is 0 Å². The number of benzene rings is 1. The molecule has 0 aliphatic rings. The predicted molar refractivity (Wildman–Crippen MR) is 90.7 cm³/mol. The van der Waals surface area contributed by atoms with Crippen LogP contribution in [0.2, 0.25) is 5.54 Å². The summed E-state index contributed by atoms with van der Waals surface area (Å²) in [5, 5.41) is 0. The zero-order valence-electron chi connectivity index (χ0n) is 12.0. The van der Waals surface area contributed by atoms with Gasteiger partial charge in [0.25, 0.3) is 0 Å². The Morgan fingerprint density at radius 3 is 2.21 bits per heavy atom. The maximum Gasteiger partial charge on any atom is 0.240 e. The van der Waals surface area contributed by atoms with Crippen LogP contribution in [0.25, 0.3) is 0 Å². The molecular weight excluding hydrogens is 291 g/mol. The van der Waals surface area contributed by atoms with Crippen molar-refractivity contribution < 1.29 is 0 Å². The summed E-state index contributed by atoms with van der Waals surface area (Å²) < 4.78 is 0. The molecule has 0 radical (unpaired) electrons. The Balaban J connectivity index is 2.25. The van der Waals surface area contributed by atoms with Crippen LogP contribution in [0.5, 0.6) is 0 Å². The summed E-state index contributed by atoms with van der Waals surface area (Å²) in [6, 6.07) is 10.6. The molecule has 1 atom stereocenters. The molecule has 3 heteroatoms. The van der Waals surface area contributed by atoms with E-state index in [0.29, 0.717) is 5.54 Å². The lowest BCUT2D eigenvalue weighted by Crippen LogP contribution is -2.10. The van der Waals surface area contributed by atoms with Gasteiger partial charge in [-0.3, -0.25) is 0 Å². The fraction of sp³-hybridized carbons (Fsp3) is 0.625. The first-order chi connectivity index (χ1) is 9.24. The van der Waals surface area contributed by atoms with Gasteiger partial charge in [0, 0.05) is 0 Å². The Labute approximate surface area is 129 Å². The highest BCUT2D eigenvalue weighted by molar-refractivity contribution is 7.34. The molecule has 0 aliphatic heterocycles. The van der Waals surface area contributed by atoms with Gasteiger partial charge in [0.15, 0.2) is 0 Å². The summed E-state index contributed by atoms with van der Waals surface area (Å²) >= 11 is 12.5. The van der Waals surface area contributed by atoms with E-state index < -0.39 is 7.42 Å². The van der Waals surface area contributed by atoms with Crippen molar-refractivity contribution in [3.63, 3.8) is 0 Å². The third-order valence-electron chi connectivity index (χ3n) is 3.63. The first kappa shape index (κ1) is 17.1. The summed E-state index contributed by atoms with van der Waals surface area (Å²) in [6.45, 7) is 2.26. The van der Waals surface area contributed by atoms with Crippen molar-refractivity contribution in [2.45, 2.75) is 63.8 Å². The molecule has 0 amide bonds. The Morgan fingerprint density at radius 2 is 1.58 bits per heavy atom. The van der Waals surface area contributed by atoms with Gasteiger partial charge in [0.2, 0.25) is 7.42 Å². The molecule has 1 rings (SSSR count). The number of unbranched alkanes of at least 4 members (excludes halogenated alkanes) is 5. The molecule has 1 unspecified atom stereocenters. The van der Waals surface area contributed by atoms with Crippen molar-refractivity contribution in [3.8, 4) is 0 Å². The van der Waals surface area contributed by atoms with Crippen molar-refractivity contribution >= 4 is 29.6 Å². The maximum atomic E-state index is 6.26. The lowest BCUT2D eigenvalue weighted by molar-refractivity contribution is 0.574. The summed E-state index contributed by atoms with van der Waals surface area (Å²) in [6.07, 6.45) is 10.3. The molecule has 0 saturated carbocycles. The Hall–Kier alpha value is 0.0169. The zero-order chi connectivity index (χ0) is 13.9. The van der Waals surface area contributed by atoms with Crippen LogP contribution in [-0.2, 0) is 6.42 Å². The zero-order valence-corrected chi connectivity index (χ0v) is 14.6. The number of halogens is 2. The second-order valence-electron chi connectivity index (χ2n) is 5.34. The standard InChI is InChI=1S/C16H26Cl2Si/c1-2-3-4-5-6-10-13-16(19(17)18)14-15-11-8-7-9-12-15/h7-9,11-12,16,19H,2-6,10,13-14H2,1H3. The topological polar surface area (TPSA) is 0 Å². The van der Waals surface area contributed by atoms with Crippen molar-refractivity contribution in [3.05, 3.63) is 35.9 Å². The minimum Gasteiger partial charge on any atom is -0.150 e. The average Bonchev–Trinajstić information content (AvgIpc) is 2.42. The SMILES string of the molecule is CCCCCCCCC(Cc1ccccc1)[SiH](Cl)Cl. The highest BCUT2D eigenvalue weighted by atomic mass is 35.7. The molecule has 0 fully saturated rings. The van der Waals surface area contributed by atoms with Crippen LogP contribution in [0.15, 0.2) is 30.3 Å². The van der Waals surface area contributed by atoms with Gasteiger partial charge in [0.05, 0.1) is 0 Å². The van der Waals surface area contributed by atoms with E-state index in [0.717, 1.165) is 6.42 Å². The van der Waals surface area contributed by atoms with Crippen LogP contribution in [-0.4, -0.2) is 7.42 Å². The van der Waals surface area contributed by atoms with Crippen molar-refractivity contribution in [1.82, 2.24) is 0 Å². The molecule has 0 aliphatic carbocycles. The molecule has 0 aromatic heterocycles. The largest absolute Gasteiger partial charge is 0.240 e. The fourth-order valence-electron chi connectivity index (χ4n) is 2.42. The summed E-state index contributed by atoms with van der Waals surface area (Å²) in [5.74, 6) is 0. The predicted octanol–water partition coefficient (Wildman–Crippen LogP) is 6.05. The number of rotatable bonds is 10. The second kappa shape index (κ2) is 10.8. The van der Waals surface area contributed by atoms with E-state index in [1.807, 2.05) is 0 Å². The van der Waals surface area contributed by atoms with Crippen molar-refractivity contribution in [2.75, 3.05) is 0 Å². The quantitative estimate of drug-likeness (QED) is 0.280. The minimum atomic E-state index is -1.58. The van der Waals surface area contributed by atoms with Crippen molar-refractivity contribution in [2.24, 2.45) is 0 Å². The molecule has 1 aromatic rings. The molecule has 0 N–H and O–H groups in total. The van der Waals surface area contributed by atoms with Gasteiger partial charge >= 0.3 is 0 Å². The summed E-state index contributed by atoms with van der Waals surface area (Å²) in [4.78, 5) is 0. The molecule has 0 heterocycles. The molecule has 0 spiro atoms. The van der Waals surface area contributed by atoms with Crippen LogP contribution < -0.4 is 0 Å². The average molecular weight is 317 g/mol. The first-order valence-electron chi connectivity index (χ1n) is 7.56. The van der Waals surface area contributed by atoms with E-state index in [-0.39, 0.29) is 0 Å². The van der Waals surface area contributed by atoms with Gasteiger partial charge in [0.1, 0.15) is 0 Å². The third-order valence-corrected chi connectivity index (χ3v) is 7.05. The van der Waals surface area contributed by atoms with E-state index >= 15 is 0 Å². The van der Waals surface area contributed by atoms with E-state index in [4.69, 9.17) is 22.2 Å². The second-order valence-corrected chi connectivity index (χ2v) is 10.4. The molecule has 1 aromatic carbocycles. The van der Waals surface area contributed by atoms with Gasteiger partial charge in [-0.25, -0.2) is 0 Å². The molecule has 0 bridgehead atoms. The van der Waals surface area contributed by atoms with Crippen LogP contribution in [0, 0.1) is 0 Å². The molecule has 0 nitrogen and oxygen atoms in total. The molecular formula is C16H26Cl2Si. The fourth-order valence-corrected chi connectivity index (χ4v) is 4.65. The van der Waals surface area contributed by atoms with E-state index in [1.165, 1.54) is 50.5 Å². The Bertz CT molecular complexity index is 314. The van der Waals surface area contributed by atoms with Gasteiger partial charge < -0.3 is 0 Å². The number of hydrogen-bond donors (Lipinski definition) is 0. The van der Waals surface area contributed by atoms with Crippen LogP contribution in [0.1, 0.15) is 57.4 Å². The molecule has 19 heavy (non-hydrogen) atoms. The lowest BCUT2D eigenvalue weighted by Gasteiger charge is -2.16. The summed E-state index contributed by atoms with van der Waals surface area (Å²) in [5.41, 5.74) is 1.90. The normalized spacial score (nSPS) is 12.8. The van der Waals surface area contributed by atoms with Crippen LogP contribution >= 0.6 is 22.2 Å². The first-order valence-corrected chi connectivity index (χ1v) is 11.7. The van der Waals surface area contributed by atoms with Crippen LogP contribution in [0.4, 0.5) is 0 Å². The highest BCUT2D eigenvalue weighted by Crippen LogP contribution is 2.28. The Morgan fingerprint density at radius 1 is 0.947 bits per heavy atom. The Kier molecular flexibility index (Phi) is 9.67.